The lowest BCUT2D eigenvalue weighted by molar-refractivity contribution is -0.139. The predicted molar refractivity (Wildman–Crippen MR) is 95.6 cm³/mol. The van der Waals surface area contributed by atoms with E-state index in [-0.39, 0.29) is 5.91 Å². The van der Waals surface area contributed by atoms with Crippen LogP contribution in [0.2, 0.25) is 5.02 Å². The smallest absolute Gasteiger partial charge is 0.264 e. The van der Waals surface area contributed by atoms with Crippen LogP contribution in [0, 0.1) is 6.92 Å². The number of benzene rings is 1. The van der Waals surface area contributed by atoms with E-state index in [1.54, 1.807) is 35.6 Å². The van der Waals surface area contributed by atoms with E-state index in [0.717, 1.165) is 23.8 Å². The fourth-order valence-corrected chi connectivity index (χ4v) is 3.49. The molecule has 2 heterocycles. The first-order valence-corrected chi connectivity index (χ1v) is 9.18. The second-order valence-electron chi connectivity index (χ2n) is 5.84. The van der Waals surface area contributed by atoms with Crippen LogP contribution >= 0.6 is 22.9 Å². The number of amides is 1. The summed E-state index contributed by atoms with van der Waals surface area (Å²) >= 11 is 7.50. The van der Waals surface area contributed by atoms with Gasteiger partial charge in [0.15, 0.2) is 5.60 Å². The van der Waals surface area contributed by atoms with E-state index in [1.807, 2.05) is 12.3 Å². The molecule has 2 aromatic rings. The fourth-order valence-electron chi connectivity index (χ4n) is 2.76. The van der Waals surface area contributed by atoms with Gasteiger partial charge in [0.2, 0.25) is 0 Å². The minimum atomic E-state index is -0.857. The molecule has 0 saturated carbocycles. The maximum atomic E-state index is 12.9. The van der Waals surface area contributed by atoms with Crippen molar-refractivity contribution in [2.45, 2.75) is 31.9 Å². The molecule has 0 atom stereocenters. The van der Waals surface area contributed by atoms with Crippen molar-refractivity contribution < 1.29 is 9.53 Å². The molecular formula is C17H20ClN3O2S. The zero-order valence-corrected chi connectivity index (χ0v) is 15.0. The van der Waals surface area contributed by atoms with Crippen molar-refractivity contribution in [1.82, 2.24) is 15.6 Å². The van der Waals surface area contributed by atoms with Crippen molar-refractivity contribution in [1.29, 1.82) is 0 Å². The Balaban J connectivity index is 1.71. The molecule has 5 nitrogen and oxygen atoms in total. The molecule has 128 valence electrons. The molecule has 1 aromatic heterocycles. The number of hydrogen-bond donors (Lipinski definition) is 2. The number of nitrogens with one attached hydrogen (secondary N) is 2. The Morgan fingerprint density at radius 3 is 2.71 bits per heavy atom. The fraction of sp³-hybridized carbons (Fsp3) is 0.412. The molecule has 1 amide bonds. The Bertz CT molecular complexity index is 696. The maximum absolute atomic E-state index is 12.9. The molecule has 1 aliphatic heterocycles. The monoisotopic (exact) mass is 365 g/mol. The van der Waals surface area contributed by atoms with Gasteiger partial charge in [0.1, 0.15) is 5.75 Å². The van der Waals surface area contributed by atoms with Crippen molar-refractivity contribution in [2.75, 3.05) is 13.1 Å². The summed E-state index contributed by atoms with van der Waals surface area (Å²) in [6.07, 6.45) is 1.25. The first-order valence-electron chi connectivity index (χ1n) is 7.92. The van der Waals surface area contributed by atoms with E-state index in [9.17, 15) is 4.79 Å². The van der Waals surface area contributed by atoms with Crippen molar-refractivity contribution in [3.63, 3.8) is 0 Å². The highest BCUT2D eigenvalue weighted by Gasteiger charge is 2.42. The third-order valence-corrected chi connectivity index (χ3v) is 5.12. The molecule has 7 heteroatoms. The number of rotatable bonds is 5. The van der Waals surface area contributed by atoms with Crippen LogP contribution in [0.5, 0.6) is 5.75 Å². The lowest BCUT2D eigenvalue weighted by atomic mass is 9.91. The molecule has 1 saturated heterocycles. The zero-order valence-electron chi connectivity index (χ0n) is 13.5. The Labute approximate surface area is 150 Å². The molecule has 1 fully saturated rings. The lowest BCUT2D eigenvalue weighted by Crippen LogP contribution is -2.56. The third-order valence-electron chi connectivity index (χ3n) is 4.05. The van der Waals surface area contributed by atoms with Crippen molar-refractivity contribution in [3.05, 3.63) is 45.4 Å². The van der Waals surface area contributed by atoms with Crippen LogP contribution in [-0.4, -0.2) is 29.6 Å². The van der Waals surface area contributed by atoms with Gasteiger partial charge in [-0.3, -0.25) is 4.79 Å². The Morgan fingerprint density at radius 1 is 1.38 bits per heavy atom. The highest BCUT2D eigenvalue weighted by molar-refractivity contribution is 7.09. The quantitative estimate of drug-likeness (QED) is 0.855. The van der Waals surface area contributed by atoms with Crippen LogP contribution in [-0.2, 0) is 11.3 Å². The van der Waals surface area contributed by atoms with Crippen LogP contribution < -0.4 is 15.4 Å². The second-order valence-corrected chi connectivity index (χ2v) is 7.34. The molecule has 0 radical (unpaired) electrons. The van der Waals surface area contributed by atoms with Crippen LogP contribution in [0.15, 0.2) is 29.6 Å². The number of aryl methyl sites for hydroxylation is 1. The topological polar surface area (TPSA) is 63.2 Å². The average Bonchev–Trinajstić information content (AvgIpc) is 3.01. The number of halogens is 1. The molecular weight excluding hydrogens is 346 g/mol. The number of carbonyl (C=O) groups excluding carboxylic acids is 1. The van der Waals surface area contributed by atoms with E-state index in [2.05, 4.69) is 15.6 Å². The molecule has 0 unspecified atom stereocenters. The Morgan fingerprint density at radius 2 is 2.08 bits per heavy atom. The molecule has 3 rings (SSSR count). The van der Waals surface area contributed by atoms with E-state index in [0.29, 0.717) is 30.2 Å². The van der Waals surface area contributed by atoms with E-state index in [1.165, 1.54) is 0 Å². The summed E-state index contributed by atoms with van der Waals surface area (Å²) in [5.74, 6) is 0.561. The van der Waals surface area contributed by atoms with Crippen molar-refractivity contribution >= 4 is 28.8 Å². The number of thiazole rings is 1. The summed E-state index contributed by atoms with van der Waals surface area (Å²) in [5, 5.41) is 9.86. The molecule has 0 spiro atoms. The van der Waals surface area contributed by atoms with Crippen LogP contribution in [0.25, 0.3) is 0 Å². The standard InChI is InChI=1S/C17H20ClN3O2S/c1-12-21-14(11-24-12)10-20-16(22)17(6-8-19-9-7-17)23-15-4-2-13(18)3-5-15/h2-5,11,19H,6-10H2,1H3,(H,20,22). The van der Waals surface area contributed by atoms with Crippen LogP contribution in [0.1, 0.15) is 23.5 Å². The Hall–Kier alpha value is -1.63. The van der Waals surface area contributed by atoms with Crippen LogP contribution in [0.3, 0.4) is 0 Å². The minimum Gasteiger partial charge on any atom is -0.477 e. The molecule has 1 aliphatic rings. The summed E-state index contributed by atoms with van der Waals surface area (Å²) in [6, 6.07) is 7.12. The number of carbonyl (C=O) groups is 1. The summed E-state index contributed by atoms with van der Waals surface area (Å²) in [4.78, 5) is 17.2. The molecule has 24 heavy (non-hydrogen) atoms. The first kappa shape index (κ1) is 17.2. The van der Waals surface area contributed by atoms with Crippen LogP contribution in [0.4, 0.5) is 0 Å². The van der Waals surface area contributed by atoms with E-state index >= 15 is 0 Å². The predicted octanol–water partition coefficient (Wildman–Crippen LogP) is 2.92. The largest absolute Gasteiger partial charge is 0.477 e. The summed E-state index contributed by atoms with van der Waals surface area (Å²) in [5.41, 5.74) is 0.0193. The zero-order chi connectivity index (χ0) is 17.0. The lowest BCUT2D eigenvalue weighted by Gasteiger charge is -2.36. The van der Waals surface area contributed by atoms with E-state index < -0.39 is 5.60 Å². The number of hydrogen-bond acceptors (Lipinski definition) is 5. The number of piperidine rings is 1. The number of nitrogens with zero attached hydrogens (tertiary/aromatic N) is 1. The van der Waals surface area contributed by atoms with Gasteiger partial charge in [0.05, 0.1) is 17.2 Å². The highest BCUT2D eigenvalue weighted by atomic mass is 35.5. The summed E-state index contributed by atoms with van der Waals surface area (Å²) in [7, 11) is 0. The molecule has 0 bridgehead atoms. The van der Waals surface area contributed by atoms with Crippen molar-refractivity contribution in [3.8, 4) is 5.75 Å². The molecule has 1 aromatic carbocycles. The highest BCUT2D eigenvalue weighted by Crippen LogP contribution is 2.28. The normalized spacial score (nSPS) is 16.6. The van der Waals surface area contributed by atoms with Gasteiger partial charge in [-0.05, 0) is 44.3 Å². The van der Waals surface area contributed by atoms with Gasteiger partial charge >= 0.3 is 0 Å². The molecule has 2 N–H and O–H groups in total. The van der Waals surface area contributed by atoms with E-state index in [4.69, 9.17) is 16.3 Å². The van der Waals surface area contributed by atoms with Gasteiger partial charge < -0.3 is 15.4 Å². The van der Waals surface area contributed by atoms with Gasteiger partial charge in [-0.15, -0.1) is 11.3 Å². The van der Waals surface area contributed by atoms with Crippen molar-refractivity contribution in [2.24, 2.45) is 0 Å². The van der Waals surface area contributed by atoms with Gasteiger partial charge in [-0.25, -0.2) is 4.98 Å². The van der Waals surface area contributed by atoms with Gasteiger partial charge in [0.25, 0.3) is 5.91 Å². The second kappa shape index (κ2) is 7.51. The summed E-state index contributed by atoms with van der Waals surface area (Å²) in [6.45, 7) is 3.86. The van der Waals surface area contributed by atoms with Gasteiger partial charge in [-0.2, -0.15) is 0 Å². The SMILES string of the molecule is Cc1nc(CNC(=O)C2(Oc3ccc(Cl)cc3)CCNCC2)cs1. The first-order chi connectivity index (χ1) is 11.6. The van der Waals surface area contributed by atoms with Gasteiger partial charge in [0, 0.05) is 23.2 Å². The number of ether oxygens (including phenoxy) is 1. The summed E-state index contributed by atoms with van der Waals surface area (Å²) < 4.78 is 6.12. The molecule has 0 aliphatic carbocycles. The average molecular weight is 366 g/mol. The van der Waals surface area contributed by atoms with Gasteiger partial charge in [-0.1, -0.05) is 11.6 Å². The Kier molecular flexibility index (Phi) is 5.38. The maximum Gasteiger partial charge on any atom is 0.264 e. The minimum absolute atomic E-state index is 0.0930. The number of aromatic nitrogens is 1. The third kappa shape index (κ3) is 4.06.